The number of hydrogen-bond donors (Lipinski definition) is 3. The number of hydrogen-bond acceptors (Lipinski definition) is 3. The Balaban J connectivity index is 2.30. The second-order valence-corrected chi connectivity index (χ2v) is 4.25. The fraction of sp³-hybridized carbons (Fsp3) is 0.0833. The molecule has 0 fully saturated rings. The number of rotatable bonds is 1. The highest BCUT2D eigenvalue weighted by Crippen LogP contribution is 2.11. The zero-order chi connectivity index (χ0) is 13.6. The predicted octanol–water partition coefficient (Wildman–Crippen LogP) is 0.00382. The van der Waals surface area contributed by atoms with Crippen LogP contribution in [-0.2, 0) is 0 Å². The summed E-state index contributed by atoms with van der Waals surface area (Å²) < 4.78 is 1.36. The normalized spacial score (nSPS) is 11.0. The standard InChI is InChI=1S/C12H10N4O3/c1-6-4-10(17)16(15-6)7-2-3-8-9(5-7)14-12(19)11(18)13-8/h2-5,15H,1H3,(H,13,18)(H,14,19). The third-order valence-corrected chi connectivity index (χ3v) is 2.81. The molecule has 7 heteroatoms. The van der Waals surface area contributed by atoms with Gasteiger partial charge in [-0.05, 0) is 25.1 Å². The van der Waals surface area contributed by atoms with Gasteiger partial charge in [-0.1, -0.05) is 0 Å². The highest BCUT2D eigenvalue weighted by Gasteiger charge is 2.05. The second-order valence-electron chi connectivity index (χ2n) is 4.25. The van der Waals surface area contributed by atoms with Gasteiger partial charge in [-0.2, -0.15) is 0 Å². The minimum absolute atomic E-state index is 0.191. The van der Waals surface area contributed by atoms with Crippen molar-refractivity contribution in [2.24, 2.45) is 0 Å². The molecule has 19 heavy (non-hydrogen) atoms. The Kier molecular flexibility index (Phi) is 2.28. The Morgan fingerprint density at radius 1 is 0.947 bits per heavy atom. The summed E-state index contributed by atoms with van der Waals surface area (Å²) in [5.74, 6) is 0. The Morgan fingerprint density at radius 2 is 1.63 bits per heavy atom. The maximum absolute atomic E-state index is 11.7. The minimum Gasteiger partial charge on any atom is -0.316 e. The molecule has 96 valence electrons. The zero-order valence-electron chi connectivity index (χ0n) is 9.98. The first-order valence-electron chi connectivity index (χ1n) is 5.60. The van der Waals surface area contributed by atoms with E-state index < -0.39 is 11.1 Å². The summed E-state index contributed by atoms with van der Waals surface area (Å²) in [6.07, 6.45) is 0. The summed E-state index contributed by atoms with van der Waals surface area (Å²) in [5.41, 5.74) is 0.663. The third kappa shape index (κ3) is 1.81. The summed E-state index contributed by atoms with van der Waals surface area (Å²) in [6.45, 7) is 1.78. The number of benzene rings is 1. The molecule has 3 N–H and O–H groups in total. The van der Waals surface area contributed by atoms with Crippen molar-refractivity contribution in [3.05, 3.63) is 61.0 Å². The molecule has 0 spiro atoms. The van der Waals surface area contributed by atoms with E-state index in [1.54, 1.807) is 25.1 Å². The van der Waals surface area contributed by atoms with Crippen LogP contribution in [0.1, 0.15) is 5.69 Å². The van der Waals surface area contributed by atoms with Gasteiger partial charge in [0.15, 0.2) is 0 Å². The molecule has 0 unspecified atom stereocenters. The van der Waals surface area contributed by atoms with Crippen LogP contribution in [-0.4, -0.2) is 19.7 Å². The van der Waals surface area contributed by atoms with Crippen LogP contribution in [0, 0.1) is 6.92 Å². The molecule has 3 rings (SSSR count). The molecule has 0 aliphatic rings. The van der Waals surface area contributed by atoms with Gasteiger partial charge in [0.2, 0.25) is 0 Å². The smallest absolute Gasteiger partial charge is 0.314 e. The van der Waals surface area contributed by atoms with Gasteiger partial charge in [-0.15, -0.1) is 0 Å². The second kappa shape index (κ2) is 3.84. The van der Waals surface area contributed by atoms with E-state index in [0.717, 1.165) is 5.69 Å². The summed E-state index contributed by atoms with van der Waals surface area (Å²) in [5, 5.41) is 2.89. The van der Waals surface area contributed by atoms with Gasteiger partial charge in [0.25, 0.3) is 5.56 Å². The van der Waals surface area contributed by atoms with Crippen molar-refractivity contribution in [2.75, 3.05) is 0 Å². The van der Waals surface area contributed by atoms with Gasteiger partial charge in [-0.3, -0.25) is 19.5 Å². The van der Waals surface area contributed by atoms with Crippen molar-refractivity contribution in [2.45, 2.75) is 6.92 Å². The van der Waals surface area contributed by atoms with Crippen LogP contribution >= 0.6 is 0 Å². The number of H-pyrrole nitrogens is 3. The summed E-state index contributed by atoms with van der Waals surface area (Å²) >= 11 is 0. The van der Waals surface area contributed by atoms with Crippen LogP contribution in [0.3, 0.4) is 0 Å². The van der Waals surface area contributed by atoms with Crippen molar-refractivity contribution in [1.82, 2.24) is 19.7 Å². The molecular formula is C12H10N4O3. The lowest BCUT2D eigenvalue weighted by Gasteiger charge is -2.03. The maximum atomic E-state index is 11.7. The van der Waals surface area contributed by atoms with Crippen LogP contribution in [0.25, 0.3) is 16.7 Å². The van der Waals surface area contributed by atoms with E-state index in [1.807, 2.05) is 0 Å². The van der Waals surface area contributed by atoms with Gasteiger partial charge < -0.3 is 9.97 Å². The van der Waals surface area contributed by atoms with Crippen LogP contribution in [0.2, 0.25) is 0 Å². The molecule has 2 heterocycles. The van der Waals surface area contributed by atoms with E-state index >= 15 is 0 Å². The molecule has 0 amide bonds. The average Bonchev–Trinajstić information content (AvgIpc) is 2.69. The number of fused-ring (bicyclic) bond motifs is 1. The molecule has 0 saturated heterocycles. The molecule has 7 nitrogen and oxygen atoms in total. The first-order chi connectivity index (χ1) is 9.04. The van der Waals surface area contributed by atoms with E-state index in [9.17, 15) is 14.4 Å². The number of aryl methyl sites for hydroxylation is 1. The zero-order valence-corrected chi connectivity index (χ0v) is 9.98. The molecule has 1 aromatic carbocycles. The SMILES string of the molecule is Cc1cc(=O)n(-c2ccc3[nH]c(=O)c(=O)[nH]c3c2)[nH]1. The van der Waals surface area contributed by atoms with Gasteiger partial charge in [0.05, 0.1) is 16.7 Å². The predicted molar refractivity (Wildman–Crippen MR) is 69.9 cm³/mol. The van der Waals surface area contributed by atoms with Crippen molar-refractivity contribution < 1.29 is 0 Å². The fourth-order valence-electron chi connectivity index (χ4n) is 1.95. The highest BCUT2D eigenvalue weighted by atomic mass is 16.2. The van der Waals surface area contributed by atoms with E-state index in [4.69, 9.17) is 0 Å². The molecule has 0 saturated carbocycles. The number of aromatic nitrogens is 4. The molecule has 0 aliphatic carbocycles. The average molecular weight is 258 g/mol. The lowest BCUT2D eigenvalue weighted by atomic mass is 10.2. The van der Waals surface area contributed by atoms with Crippen LogP contribution in [0.15, 0.2) is 38.6 Å². The molecule has 0 radical (unpaired) electrons. The number of nitrogens with one attached hydrogen (secondary N) is 3. The van der Waals surface area contributed by atoms with Crippen molar-refractivity contribution >= 4 is 11.0 Å². The first-order valence-corrected chi connectivity index (χ1v) is 5.60. The summed E-state index contributed by atoms with van der Waals surface area (Å²) in [7, 11) is 0. The lowest BCUT2D eigenvalue weighted by molar-refractivity contribution is 0.836. The summed E-state index contributed by atoms with van der Waals surface area (Å²) in [6, 6.07) is 6.39. The van der Waals surface area contributed by atoms with Crippen LogP contribution < -0.4 is 16.7 Å². The fourth-order valence-corrected chi connectivity index (χ4v) is 1.95. The van der Waals surface area contributed by atoms with Crippen LogP contribution in [0.4, 0.5) is 0 Å². The lowest BCUT2D eigenvalue weighted by Crippen LogP contribution is -2.29. The van der Waals surface area contributed by atoms with E-state index in [0.29, 0.717) is 16.7 Å². The minimum atomic E-state index is -0.723. The van der Waals surface area contributed by atoms with Gasteiger partial charge in [-0.25, -0.2) is 4.68 Å². The van der Waals surface area contributed by atoms with Gasteiger partial charge >= 0.3 is 11.1 Å². The Hall–Kier alpha value is -2.83. The summed E-state index contributed by atoms with van der Waals surface area (Å²) in [4.78, 5) is 39.1. The number of aromatic amines is 3. The van der Waals surface area contributed by atoms with Gasteiger partial charge in [0, 0.05) is 11.8 Å². The largest absolute Gasteiger partial charge is 0.316 e. The Labute approximate surface area is 105 Å². The first kappa shape index (κ1) is 11.3. The molecule has 3 aromatic rings. The van der Waals surface area contributed by atoms with Gasteiger partial charge in [0.1, 0.15) is 0 Å². The molecule has 0 aliphatic heterocycles. The van der Waals surface area contributed by atoms with E-state index in [-0.39, 0.29) is 5.56 Å². The topological polar surface area (TPSA) is 104 Å². The van der Waals surface area contributed by atoms with Crippen LogP contribution in [0.5, 0.6) is 0 Å². The maximum Gasteiger partial charge on any atom is 0.314 e. The molecule has 0 bridgehead atoms. The number of nitrogens with zero attached hydrogens (tertiary/aromatic N) is 1. The van der Waals surface area contributed by atoms with Crippen molar-refractivity contribution in [3.8, 4) is 5.69 Å². The Morgan fingerprint density at radius 3 is 2.26 bits per heavy atom. The van der Waals surface area contributed by atoms with Crippen molar-refractivity contribution in [3.63, 3.8) is 0 Å². The Bertz CT molecular complexity index is 942. The monoisotopic (exact) mass is 258 g/mol. The van der Waals surface area contributed by atoms with Crippen molar-refractivity contribution in [1.29, 1.82) is 0 Å². The van der Waals surface area contributed by atoms with E-state index in [2.05, 4.69) is 15.1 Å². The highest BCUT2D eigenvalue weighted by molar-refractivity contribution is 5.76. The third-order valence-electron chi connectivity index (χ3n) is 2.81. The van der Waals surface area contributed by atoms with E-state index in [1.165, 1.54) is 10.7 Å². The molecular weight excluding hydrogens is 248 g/mol. The molecule has 2 aromatic heterocycles. The quantitative estimate of drug-likeness (QED) is 0.535. The molecule has 0 atom stereocenters.